The summed E-state index contributed by atoms with van der Waals surface area (Å²) in [7, 11) is 1.88. The Morgan fingerprint density at radius 1 is 1.27 bits per heavy atom. The standard InChI is InChI=1S/C15H15F2N3O2/c1-9-5-10(6-11(16)14(9)17)8-22-12-7-13-19(2)3-4-20(13)15(21)18-12/h5-7H,3-4,8H2,1-2H3. The van der Waals surface area contributed by atoms with E-state index in [2.05, 4.69) is 4.98 Å². The molecule has 1 aromatic carbocycles. The summed E-state index contributed by atoms with van der Waals surface area (Å²) in [5.74, 6) is -0.872. The third kappa shape index (κ3) is 2.54. The summed E-state index contributed by atoms with van der Waals surface area (Å²) in [6.45, 7) is 2.83. The number of nitrogens with zero attached hydrogens (tertiary/aromatic N) is 3. The zero-order chi connectivity index (χ0) is 15.9. The molecular formula is C15H15F2N3O2. The molecule has 5 nitrogen and oxygen atoms in total. The maximum absolute atomic E-state index is 13.4. The van der Waals surface area contributed by atoms with Gasteiger partial charge in [0.2, 0.25) is 5.88 Å². The molecule has 0 N–H and O–H groups in total. The van der Waals surface area contributed by atoms with Gasteiger partial charge in [0.25, 0.3) is 0 Å². The summed E-state index contributed by atoms with van der Waals surface area (Å²) >= 11 is 0. The van der Waals surface area contributed by atoms with Gasteiger partial charge in [-0.3, -0.25) is 4.57 Å². The van der Waals surface area contributed by atoms with Crippen LogP contribution in [0.15, 0.2) is 23.0 Å². The predicted molar refractivity (Wildman–Crippen MR) is 77.2 cm³/mol. The van der Waals surface area contributed by atoms with Crippen molar-refractivity contribution in [1.29, 1.82) is 0 Å². The van der Waals surface area contributed by atoms with Crippen LogP contribution in [-0.2, 0) is 13.2 Å². The third-order valence-corrected chi connectivity index (χ3v) is 3.67. The van der Waals surface area contributed by atoms with E-state index in [1.165, 1.54) is 13.0 Å². The number of aryl methyl sites for hydroxylation is 1. The average Bonchev–Trinajstić information content (AvgIpc) is 2.84. The van der Waals surface area contributed by atoms with Crippen molar-refractivity contribution >= 4 is 5.82 Å². The first-order valence-corrected chi connectivity index (χ1v) is 6.86. The third-order valence-electron chi connectivity index (χ3n) is 3.67. The molecule has 0 fully saturated rings. The summed E-state index contributed by atoms with van der Waals surface area (Å²) < 4.78 is 33.6. The Labute approximate surface area is 125 Å². The zero-order valence-corrected chi connectivity index (χ0v) is 12.3. The first-order chi connectivity index (χ1) is 10.5. The van der Waals surface area contributed by atoms with Crippen LogP contribution in [0.1, 0.15) is 11.1 Å². The average molecular weight is 307 g/mol. The van der Waals surface area contributed by atoms with Gasteiger partial charge in [0.15, 0.2) is 11.6 Å². The minimum Gasteiger partial charge on any atom is -0.473 e. The first kappa shape index (κ1) is 14.5. The van der Waals surface area contributed by atoms with Crippen molar-refractivity contribution in [3.63, 3.8) is 0 Å². The van der Waals surface area contributed by atoms with E-state index in [1.807, 2.05) is 11.9 Å². The summed E-state index contributed by atoms with van der Waals surface area (Å²) in [6.07, 6.45) is 0. The highest BCUT2D eigenvalue weighted by atomic mass is 19.2. The number of ether oxygens (including phenoxy) is 1. The molecule has 22 heavy (non-hydrogen) atoms. The van der Waals surface area contributed by atoms with Gasteiger partial charge in [-0.15, -0.1) is 0 Å². The summed E-state index contributed by atoms with van der Waals surface area (Å²) in [5.41, 5.74) is 0.311. The Bertz CT molecular complexity index is 766. The van der Waals surface area contributed by atoms with Gasteiger partial charge in [-0.25, -0.2) is 13.6 Å². The summed E-state index contributed by atoms with van der Waals surface area (Å²) in [5, 5.41) is 0. The van der Waals surface area contributed by atoms with E-state index >= 15 is 0 Å². The lowest BCUT2D eigenvalue weighted by Crippen LogP contribution is -2.22. The molecule has 0 atom stereocenters. The highest BCUT2D eigenvalue weighted by molar-refractivity contribution is 5.44. The lowest BCUT2D eigenvalue weighted by Gasteiger charge is -2.12. The number of hydrogen-bond donors (Lipinski definition) is 0. The second-order valence-corrected chi connectivity index (χ2v) is 5.31. The van der Waals surface area contributed by atoms with Crippen molar-refractivity contribution in [3.05, 3.63) is 51.4 Å². The fraction of sp³-hybridized carbons (Fsp3) is 0.333. The second-order valence-electron chi connectivity index (χ2n) is 5.31. The molecular weight excluding hydrogens is 292 g/mol. The van der Waals surface area contributed by atoms with E-state index in [0.29, 0.717) is 12.1 Å². The van der Waals surface area contributed by atoms with Gasteiger partial charge in [-0.05, 0) is 30.2 Å². The number of aromatic nitrogens is 2. The van der Waals surface area contributed by atoms with Crippen LogP contribution in [0, 0.1) is 18.6 Å². The largest absolute Gasteiger partial charge is 0.473 e. The molecule has 0 unspecified atom stereocenters. The zero-order valence-electron chi connectivity index (χ0n) is 12.3. The molecule has 116 valence electrons. The van der Waals surface area contributed by atoms with Crippen molar-refractivity contribution in [3.8, 4) is 5.88 Å². The van der Waals surface area contributed by atoms with E-state index in [1.54, 1.807) is 10.6 Å². The van der Waals surface area contributed by atoms with Crippen LogP contribution in [0.25, 0.3) is 0 Å². The van der Waals surface area contributed by atoms with Gasteiger partial charge in [-0.2, -0.15) is 4.98 Å². The van der Waals surface area contributed by atoms with E-state index in [9.17, 15) is 13.6 Å². The van der Waals surface area contributed by atoms with Gasteiger partial charge >= 0.3 is 5.69 Å². The van der Waals surface area contributed by atoms with Crippen LogP contribution in [-0.4, -0.2) is 23.1 Å². The van der Waals surface area contributed by atoms with Crippen molar-refractivity contribution in [2.75, 3.05) is 18.5 Å². The van der Waals surface area contributed by atoms with Crippen molar-refractivity contribution < 1.29 is 13.5 Å². The second kappa shape index (κ2) is 5.40. The van der Waals surface area contributed by atoms with Gasteiger partial charge in [0.1, 0.15) is 12.4 Å². The van der Waals surface area contributed by atoms with Crippen molar-refractivity contribution in [2.24, 2.45) is 0 Å². The van der Waals surface area contributed by atoms with Crippen molar-refractivity contribution in [1.82, 2.24) is 9.55 Å². The van der Waals surface area contributed by atoms with Crippen LogP contribution in [0.2, 0.25) is 0 Å². The smallest absolute Gasteiger partial charge is 0.352 e. The molecule has 7 heteroatoms. The summed E-state index contributed by atoms with van der Waals surface area (Å²) in [6, 6.07) is 4.25. The van der Waals surface area contributed by atoms with E-state index < -0.39 is 11.6 Å². The number of rotatable bonds is 3. The number of benzene rings is 1. The highest BCUT2D eigenvalue weighted by Gasteiger charge is 2.19. The Balaban J connectivity index is 1.82. The molecule has 0 saturated carbocycles. The number of halogens is 2. The Morgan fingerprint density at radius 2 is 2.05 bits per heavy atom. The molecule has 1 aliphatic heterocycles. The monoisotopic (exact) mass is 307 g/mol. The van der Waals surface area contributed by atoms with Crippen molar-refractivity contribution in [2.45, 2.75) is 20.1 Å². The van der Waals surface area contributed by atoms with E-state index in [4.69, 9.17) is 4.74 Å². The molecule has 1 aliphatic rings. The quantitative estimate of drug-likeness (QED) is 0.868. The topological polar surface area (TPSA) is 47.4 Å². The molecule has 0 amide bonds. The Morgan fingerprint density at radius 3 is 2.77 bits per heavy atom. The van der Waals surface area contributed by atoms with Crippen LogP contribution < -0.4 is 15.3 Å². The molecule has 0 radical (unpaired) electrons. The van der Waals surface area contributed by atoms with Gasteiger partial charge < -0.3 is 9.64 Å². The fourth-order valence-electron chi connectivity index (χ4n) is 2.48. The Hall–Kier alpha value is -2.44. The highest BCUT2D eigenvalue weighted by Crippen LogP contribution is 2.21. The van der Waals surface area contributed by atoms with Gasteiger partial charge in [-0.1, -0.05) is 0 Å². The molecule has 2 heterocycles. The number of likely N-dealkylation sites (N-methyl/N-ethyl adjacent to an activating group) is 1. The predicted octanol–water partition coefficient (Wildman–Crippen LogP) is 1.86. The molecule has 3 rings (SSSR count). The van der Waals surface area contributed by atoms with E-state index in [-0.39, 0.29) is 23.7 Å². The SMILES string of the molecule is Cc1cc(COc2cc3n(c(=O)n2)CCN3C)cc(F)c1F. The lowest BCUT2D eigenvalue weighted by molar-refractivity contribution is 0.290. The minimum absolute atomic E-state index is 0.0116. The van der Waals surface area contributed by atoms with Gasteiger partial charge in [0, 0.05) is 26.2 Å². The van der Waals surface area contributed by atoms with E-state index in [0.717, 1.165) is 18.4 Å². The molecule has 0 bridgehead atoms. The molecule has 0 spiro atoms. The fourth-order valence-corrected chi connectivity index (χ4v) is 2.48. The van der Waals surface area contributed by atoms with Gasteiger partial charge in [0.05, 0.1) is 0 Å². The molecule has 1 aromatic heterocycles. The van der Waals surface area contributed by atoms with Crippen LogP contribution in [0.3, 0.4) is 0 Å². The number of hydrogen-bond acceptors (Lipinski definition) is 4. The number of anilines is 1. The summed E-state index contributed by atoms with van der Waals surface area (Å²) in [4.78, 5) is 17.7. The maximum atomic E-state index is 13.4. The molecule has 0 saturated heterocycles. The molecule has 0 aliphatic carbocycles. The number of fused-ring (bicyclic) bond motifs is 1. The van der Waals surface area contributed by atoms with Crippen LogP contribution in [0.5, 0.6) is 5.88 Å². The minimum atomic E-state index is -0.916. The first-order valence-electron chi connectivity index (χ1n) is 6.86. The maximum Gasteiger partial charge on any atom is 0.352 e. The van der Waals surface area contributed by atoms with Crippen LogP contribution >= 0.6 is 0 Å². The normalized spacial score (nSPS) is 13.4. The Kier molecular flexibility index (Phi) is 3.56. The lowest BCUT2D eigenvalue weighted by atomic mass is 10.1. The molecule has 2 aromatic rings. The van der Waals surface area contributed by atoms with Crippen LogP contribution in [0.4, 0.5) is 14.6 Å².